The quantitative estimate of drug-likeness (QED) is 0.267. The summed E-state index contributed by atoms with van der Waals surface area (Å²) in [6.45, 7) is 2.37. The molecular formula is C28H32F3N5O5. The molecule has 4 amide bonds. The highest BCUT2D eigenvalue weighted by Crippen LogP contribution is 2.36. The molecule has 1 unspecified atom stereocenters. The third kappa shape index (κ3) is 6.85. The Labute approximate surface area is 235 Å². The molecule has 0 saturated carbocycles. The second kappa shape index (κ2) is 13.6. The predicted octanol–water partition coefficient (Wildman–Crippen LogP) is 3.62. The monoisotopic (exact) mass is 575 g/mol. The van der Waals surface area contributed by atoms with Crippen molar-refractivity contribution in [3.8, 4) is 0 Å². The van der Waals surface area contributed by atoms with Crippen LogP contribution in [0.15, 0.2) is 47.8 Å². The van der Waals surface area contributed by atoms with E-state index in [1.165, 1.54) is 7.11 Å². The van der Waals surface area contributed by atoms with Gasteiger partial charge in [-0.2, -0.15) is 0 Å². The molecule has 0 bridgehead atoms. The standard InChI is InChI=1S/C28H32F3N5O5/c1-40-16-22-23(26(37)41-2)25(18-14-19(29)24(31)20(30)15-18)36(28(39)34-22)27(38)33-10-5-11-35-12-7-17(8-13-35)21-6-3-4-9-32-21/h3-4,6,9,14-15,17,25H,5,7-8,10-13,16H2,1-2H3,(H,33,38)(H,34,39). The van der Waals surface area contributed by atoms with Gasteiger partial charge in [0, 0.05) is 31.5 Å². The number of carbonyl (C=O) groups is 3. The van der Waals surface area contributed by atoms with Crippen LogP contribution in [-0.2, 0) is 14.3 Å². The Hall–Kier alpha value is -3.97. The van der Waals surface area contributed by atoms with E-state index in [4.69, 9.17) is 9.47 Å². The number of halogens is 3. The van der Waals surface area contributed by atoms with Crippen LogP contribution >= 0.6 is 0 Å². The number of likely N-dealkylation sites (tertiary alicyclic amines) is 1. The van der Waals surface area contributed by atoms with E-state index in [1.54, 1.807) is 6.20 Å². The summed E-state index contributed by atoms with van der Waals surface area (Å²) in [5, 5.41) is 5.06. The van der Waals surface area contributed by atoms with E-state index < -0.39 is 41.5 Å². The number of rotatable bonds is 9. The minimum atomic E-state index is -1.73. The van der Waals surface area contributed by atoms with Crippen LogP contribution in [0, 0.1) is 17.5 Å². The number of imide groups is 1. The van der Waals surface area contributed by atoms with Crippen LogP contribution in [0.3, 0.4) is 0 Å². The summed E-state index contributed by atoms with van der Waals surface area (Å²) >= 11 is 0. The highest BCUT2D eigenvalue weighted by Gasteiger charge is 2.43. The maximum Gasteiger partial charge on any atom is 0.338 e. The fourth-order valence-electron chi connectivity index (χ4n) is 5.18. The fourth-order valence-corrected chi connectivity index (χ4v) is 5.18. The Morgan fingerprint density at radius 1 is 1.12 bits per heavy atom. The van der Waals surface area contributed by atoms with E-state index in [0.29, 0.717) is 35.9 Å². The van der Waals surface area contributed by atoms with Gasteiger partial charge < -0.3 is 25.0 Å². The van der Waals surface area contributed by atoms with Gasteiger partial charge in [0.15, 0.2) is 17.5 Å². The average Bonchev–Trinajstić information content (AvgIpc) is 2.98. The predicted molar refractivity (Wildman–Crippen MR) is 141 cm³/mol. The maximum absolute atomic E-state index is 14.2. The molecule has 4 rings (SSSR count). The van der Waals surface area contributed by atoms with Crippen molar-refractivity contribution >= 4 is 18.0 Å². The Bertz CT molecular complexity index is 1280. The third-order valence-corrected chi connectivity index (χ3v) is 7.19. The smallest absolute Gasteiger partial charge is 0.338 e. The molecule has 2 aromatic rings. The van der Waals surface area contributed by atoms with Gasteiger partial charge in [-0.15, -0.1) is 0 Å². The zero-order valence-electron chi connectivity index (χ0n) is 22.8. The summed E-state index contributed by atoms with van der Waals surface area (Å²) in [5.74, 6) is -5.39. The first-order valence-electron chi connectivity index (χ1n) is 13.2. The number of hydrogen-bond donors (Lipinski definition) is 2. The summed E-state index contributed by atoms with van der Waals surface area (Å²) in [6, 6.07) is 3.68. The summed E-state index contributed by atoms with van der Waals surface area (Å²) in [7, 11) is 2.38. The lowest BCUT2D eigenvalue weighted by Gasteiger charge is -2.36. The van der Waals surface area contributed by atoms with Gasteiger partial charge in [-0.25, -0.2) is 32.5 Å². The first-order chi connectivity index (χ1) is 19.7. The molecule has 2 N–H and O–H groups in total. The summed E-state index contributed by atoms with van der Waals surface area (Å²) in [6.07, 6.45) is 4.30. The highest BCUT2D eigenvalue weighted by atomic mass is 19.2. The molecule has 1 aromatic heterocycles. The first kappa shape index (κ1) is 30.0. The van der Waals surface area contributed by atoms with Gasteiger partial charge in [-0.1, -0.05) is 6.07 Å². The number of nitrogens with zero attached hydrogens (tertiary/aromatic N) is 3. The second-order valence-corrected chi connectivity index (χ2v) is 9.77. The van der Waals surface area contributed by atoms with E-state index in [9.17, 15) is 27.6 Å². The van der Waals surface area contributed by atoms with Crippen molar-refractivity contribution in [2.75, 3.05) is 47.0 Å². The molecule has 0 spiro atoms. The number of pyridine rings is 1. The van der Waals surface area contributed by atoms with Crippen LogP contribution in [0.5, 0.6) is 0 Å². The van der Waals surface area contributed by atoms with Gasteiger partial charge in [-0.05, 0) is 68.7 Å². The normalized spacial score (nSPS) is 18.3. The number of aromatic nitrogens is 1. The van der Waals surface area contributed by atoms with Crippen LogP contribution in [0.1, 0.15) is 42.5 Å². The van der Waals surface area contributed by atoms with E-state index in [1.807, 2.05) is 18.2 Å². The molecule has 1 aromatic carbocycles. The van der Waals surface area contributed by atoms with Crippen molar-refractivity contribution < 1.29 is 37.0 Å². The van der Waals surface area contributed by atoms with Crippen LogP contribution in [0.25, 0.3) is 0 Å². The minimum Gasteiger partial charge on any atom is -0.466 e. The number of hydrogen-bond acceptors (Lipinski definition) is 7. The number of carbonyl (C=O) groups excluding carboxylic acids is 3. The van der Waals surface area contributed by atoms with E-state index in [0.717, 1.165) is 38.7 Å². The second-order valence-electron chi connectivity index (χ2n) is 9.77. The highest BCUT2D eigenvalue weighted by molar-refractivity contribution is 6.01. The Morgan fingerprint density at radius 3 is 2.44 bits per heavy atom. The van der Waals surface area contributed by atoms with Gasteiger partial charge in [0.1, 0.15) is 6.04 Å². The topological polar surface area (TPSA) is 113 Å². The van der Waals surface area contributed by atoms with Crippen LogP contribution < -0.4 is 10.6 Å². The molecule has 1 saturated heterocycles. The molecule has 10 nitrogen and oxygen atoms in total. The Kier molecular flexibility index (Phi) is 9.95. The van der Waals surface area contributed by atoms with Crippen LogP contribution in [-0.4, -0.2) is 79.8 Å². The third-order valence-electron chi connectivity index (χ3n) is 7.19. The lowest BCUT2D eigenvalue weighted by atomic mass is 9.93. The summed E-state index contributed by atoms with van der Waals surface area (Å²) in [5.41, 5.74) is 0.405. The lowest BCUT2D eigenvalue weighted by molar-refractivity contribution is -0.137. The molecule has 13 heteroatoms. The van der Waals surface area contributed by atoms with Crippen molar-refractivity contribution in [3.05, 3.63) is 76.5 Å². The van der Waals surface area contributed by atoms with Gasteiger partial charge in [-0.3, -0.25) is 4.98 Å². The summed E-state index contributed by atoms with van der Waals surface area (Å²) < 4.78 is 52.1. The van der Waals surface area contributed by atoms with Crippen molar-refractivity contribution in [1.82, 2.24) is 25.4 Å². The molecule has 0 radical (unpaired) electrons. The SMILES string of the molecule is COCC1=C(C(=O)OC)C(c2cc(F)c(F)c(F)c2)N(C(=O)NCCCN2CCC(c3ccccn3)CC2)C(=O)N1. The van der Waals surface area contributed by atoms with Crippen LogP contribution in [0.4, 0.5) is 22.8 Å². The Balaban J connectivity index is 1.45. The molecule has 2 aliphatic heterocycles. The van der Waals surface area contributed by atoms with E-state index in [-0.39, 0.29) is 30.0 Å². The van der Waals surface area contributed by atoms with E-state index in [2.05, 4.69) is 20.5 Å². The van der Waals surface area contributed by atoms with Gasteiger partial charge in [0.05, 0.1) is 25.0 Å². The largest absolute Gasteiger partial charge is 0.466 e. The minimum absolute atomic E-state index is 0.0577. The lowest BCUT2D eigenvalue weighted by Crippen LogP contribution is -2.55. The Morgan fingerprint density at radius 2 is 1.83 bits per heavy atom. The number of amides is 4. The van der Waals surface area contributed by atoms with E-state index >= 15 is 0 Å². The number of piperidine rings is 1. The van der Waals surface area contributed by atoms with Gasteiger partial charge in [0.2, 0.25) is 0 Å². The van der Waals surface area contributed by atoms with Crippen molar-refractivity contribution in [2.24, 2.45) is 0 Å². The number of nitrogens with one attached hydrogen (secondary N) is 2. The van der Waals surface area contributed by atoms with Crippen LogP contribution in [0.2, 0.25) is 0 Å². The number of benzene rings is 1. The number of esters is 1. The molecule has 1 fully saturated rings. The van der Waals surface area contributed by atoms with Gasteiger partial charge >= 0.3 is 18.0 Å². The summed E-state index contributed by atoms with van der Waals surface area (Å²) in [4.78, 5) is 46.5. The molecule has 2 aliphatic rings. The first-order valence-corrected chi connectivity index (χ1v) is 13.2. The molecule has 3 heterocycles. The van der Waals surface area contributed by atoms with Crippen molar-refractivity contribution in [1.29, 1.82) is 0 Å². The number of methoxy groups -OCH3 is 2. The molecule has 1 atom stereocenters. The van der Waals surface area contributed by atoms with Gasteiger partial charge in [0.25, 0.3) is 0 Å². The molecule has 0 aliphatic carbocycles. The van der Waals surface area contributed by atoms with Crippen molar-refractivity contribution in [2.45, 2.75) is 31.2 Å². The average molecular weight is 576 g/mol. The number of urea groups is 2. The zero-order chi connectivity index (χ0) is 29.5. The van der Waals surface area contributed by atoms with Crippen molar-refractivity contribution in [3.63, 3.8) is 0 Å². The maximum atomic E-state index is 14.2. The zero-order valence-corrected chi connectivity index (χ0v) is 22.8. The fraction of sp³-hybridized carbons (Fsp3) is 0.429. The molecule has 41 heavy (non-hydrogen) atoms. The molecule has 220 valence electrons. The number of ether oxygens (including phenoxy) is 2. The molecular weight excluding hydrogens is 543 g/mol.